The lowest BCUT2D eigenvalue weighted by Gasteiger charge is -2.08. The smallest absolute Gasteiger partial charge is 0.175 e. The number of sulfone groups is 1. The van der Waals surface area contributed by atoms with Gasteiger partial charge in [-0.1, -0.05) is 37.6 Å². The van der Waals surface area contributed by atoms with Gasteiger partial charge in [0, 0.05) is 6.26 Å². The lowest BCUT2D eigenvalue weighted by atomic mass is 9.97. The molecule has 0 aliphatic heterocycles. The van der Waals surface area contributed by atoms with Crippen molar-refractivity contribution in [2.75, 3.05) is 13.4 Å². The number of ether oxygens (including phenoxy) is 1. The molecular weight excluding hydrogens is 332 g/mol. The summed E-state index contributed by atoms with van der Waals surface area (Å²) in [4.78, 5) is 0.365. The normalized spacial score (nSPS) is 15.2. The fourth-order valence-electron chi connectivity index (χ4n) is 3.09. The summed E-state index contributed by atoms with van der Waals surface area (Å²) in [5.74, 6) is 0.830. The van der Waals surface area contributed by atoms with Crippen LogP contribution < -0.4 is 4.74 Å². The SMILES string of the molecule is CCCC1=Cc2cc(S(C)(=O)=O)ccc2C1=Cc1ccc(OC)cc1. The quantitative estimate of drug-likeness (QED) is 0.772. The molecule has 0 bridgehead atoms. The third kappa shape index (κ3) is 3.69. The molecule has 2 aromatic rings. The fraction of sp³-hybridized carbons (Fsp3) is 0.238. The van der Waals surface area contributed by atoms with E-state index in [2.05, 4.69) is 19.1 Å². The molecule has 0 radical (unpaired) electrons. The summed E-state index contributed by atoms with van der Waals surface area (Å²) in [5.41, 5.74) is 5.58. The van der Waals surface area contributed by atoms with Crippen molar-refractivity contribution in [3.63, 3.8) is 0 Å². The number of hydrogen-bond donors (Lipinski definition) is 0. The molecule has 3 rings (SSSR count). The molecule has 4 heteroatoms. The first-order valence-electron chi connectivity index (χ1n) is 8.33. The van der Waals surface area contributed by atoms with Gasteiger partial charge in [-0.15, -0.1) is 0 Å². The zero-order valence-corrected chi connectivity index (χ0v) is 15.6. The fourth-order valence-corrected chi connectivity index (χ4v) is 3.74. The van der Waals surface area contributed by atoms with Crippen LogP contribution in [0.15, 0.2) is 52.9 Å². The summed E-state index contributed by atoms with van der Waals surface area (Å²) >= 11 is 0. The third-order valence-corrected chi connectivity index (χ3v) is 5.47. The Hall–Kier alpha value is -2.33. The molecule has 0 atom stereocenters. The maximum absolute atomic E-state index is 11.8. The van der Waals surface area contributed by atoms with Crippen molar-refractivity contribution in [1.29, 1.82) is 0 Å². The highest BCUT2D eigenvalue weighted by molar-refractivity contribution is 7.90. The van der Waals surface area contributed by atoms with Gasteiger partial charge < -0.3 is 4.74 Å². The van der Waals surface area contributed by atoms with Gasteiger partial charge in [0.1, 0.15) is 5.75 Å². The summed E-state index contributed by atoms with van der Waals surface area (Å²) in [6.45, 7) is 2.15. The highest BCUT2D eigenvalue weighted by Gasteiger charge is 2.20. The van der Waals surface area contributed by atoms with E-state index in [0.29, 0.717) is 4.90 Å². The Morgan fingerprint density at radius 1 is 1.08 bits per heavy atom. The van der Waals surface area contributed by atoms with E-state index in [-0.39, 0.29) is 0 Å². The van der Waals surface area contributed by atoms with E-state index in [0.717, 1.165) is 35.3 Å². The van der Waals surface area contributed by atoms with Crippen molar-refractivity contribution >= 4 is 27.6 Å². The minimum Gasteiger partial charge on any atom is -0.497 e. The lowest BCUT2D eigenvalue weighted by Crippen LogP contribution is -1.97. The van der Waals surface area contributed by atoms with Crippen molar-refractivity contribution < 1.29 is 13.2 Å². The van der Waals surface area contributed by atoms with Crippen molar-refractivity contribution in [2.24, 2.45) is 0 Å². The van der Waals surface area contributed by atoms with Crippen LogP contribution >= 0.6 is 0 Å². The van der Waals surface area contributed by atoms with E-state index in [9.17, 15) is 8.42 Å². The first kappa shape index (κ1) is 17.5. The molecule has 2 aromatic carbocycles. The van der Waals surface area contributed by atoms with Crippen LogP contribution in [0.4, 0.5) is 0 Å². The molecule has 0 N–H and O–H groups in total. The van der Waals surface area contributed by atoms with Gasteiger partial charge in [-0.05, 0) is 64.6 Å². The van der Waals surface area contributed by atoms with Gasteiger partial charge in [0.2, 0.25) is 0 Å². The van der Waals surface area contributed by atoms with Gasteiger partial charge >= 0.3 is 0 Å². The molecule has 3 nitrogen and oxygen atoms in total. The van der Waals surface area contributed by atoms with E-state index in [4.69, 9.17) is 4.74 Å². The molecule has 0 fully saturated rings. The Morgan fingerprint density at radius 3 is 2.40 bits per heavy atom. The van der Waals surface area contributed by atoms with Gasteiger partial charge in [0.05, 0.1) is 12.0 Å². The van der Waals surface area contributed by atoms with Crippen LogP contribution in [0.2, 0.25) is 0 Å². The predicted octanol–water partition coefficient (Wildman–Crippen LogP) is 4.84. The minimum atomic E-state index is -3.20. The van der Waals surface area contributed by atoms with Crippen molar-refractivity contribution in [1.82, 2.24) is 0 Å². The highest BCUT2D eigenvalue weighted by atomic mass is 32.2. The monoisotopic (exact) mass is 354 g/mol. The van der Waals surface area contributed by atoms with Gasteiger partial charge in [0.15, 0.2) is 9.84 Å². The lowest BCUT2D eigenvalue weighted by molar-refractivity contribution is 0.415. The zero-order valence-electron chi connectivity index (χ0n) is 14.7. The van der Waals surface area contributed by atoms with Gasteiger partial charge in [0.25, 0.3) is 0 Å². The summed E-state index contributed by atoms with van der Waals surface area (Å²) in [6, 6.07) is 13.3. The van der Waals surface area contributed by atoms with Crippen molar-refractivity contribution in [3.8, 4) is 5.75 Å². The third-order valence-electron chi connectivity index (χ3n) is 4.36. The second-order valence-corrected chi connectivity index (χ2v) is 8.29. The largest absolute Gasteiger partial charge is 0.497 e. The van der Waals surface area contributed by atoms with E-state index in [1.807, 2.05) is 30.3 Å². The second-order valence-electron chi connectivity index (χ2n) is 6.27. The number of rotatable bonds is 5. The molecule has 1 aliphatic rings. The van der Waals surface area contributed by atoms with Gasteiger partial charge in [-0.2, -0.15) is 0 Å². The molecule has 0 unspecified atom stereocenters. The van der Waals surface area contributed by atoms with Crippen LogP contribution in [-0.4, -0.2) is 21.8 Å². The van der Waals surface area contributed by atoms with Crippen LogP contribution in [-0.2, 0) is 9.84 Å². The van der Waals surface area contributed by atoms with E-state index < -0.39 is 9.84 Å². The second kappa shape index (κ2) is 6.89. The molecule has 0 saturated carbocycles. The van der Waals surface area contributed by atoms with Crippen molar-refractivity contribution in [2.45, 2.75) is 24.7 Å². The maximum atomic E-state index is 11.8. The van der Waals surface area contributed by atoms with Crippen LogP contribution in [0.3, 0.4) is 0 Å². The molecule has 0 spiro atoms. The summed E-state index contributed by atoms with van der Waals surface area (Å²) in [5, 5.41) is 0. The summed E-state index contributed by atoms with van der Waals surface area (Å²) in [6.07, 6.45) is 7.52. The predicted molar refractivity (Wildman–Crippen MR) is 103 cm³/mol. The van der Waals surface area contributed by atoms with Crippen LogP contribution in [0.5, 0.6) is 5.75 Å². The van der Waals surface area contributed by atoms with E-state index in [1.54, 1.807) is 19.2 Å². The number of fused-ring (bicyclic) bond motifs is 1. The van der Waals surface area contributed by atoms with E-state index in [1.165, 1.54) is 17.4 Å². The average molecular weight is 354 g/mol. The molecule has 0 aromatic heterocycles. The Balaban J connectivity index is 2.07. The molecule has 0 heterocycles. The summed E-state index contributed by atoms with van der Waals surface area (Å²) in [7, 11) is -1.55. The Kier molecular flexibility index (Phi) is 4.82. The average Bonchev–Trinajstić information content (AvgIpc) is 2.92. The molecule has 1 aliphatic carbocycles. The zero-order chi connectivity index (χ0) is 18.0. The van der Waals surface area contributed by atoms with Crippen LogP contribution in [0, 0.1) is 0 Å². The van der Waals surface area contributed by atoms with Crippen molar-refractivity contribution in [3.05, 3.63) is 64.7 Å². The van der Waals surface area contributed by atoms with Crippen LogP contribution in [0.1, 0.15) is 36.5 Å². The first-order valence-corrected chi connectivity index (χ1v) is 10.2. The molecular formula is C21H22O3S. The Morgan fingerprint density at radius 2 is 1.80 bits per heavy atom. The molecule has 25 heavy (non-hydrogen) atoms. The number of methoxy groups -OCH3 is 1. The van der Waals surface area contributed by atoms with Gasteiger partial charge in [-0.25, -0.2) is 8.42 Å². The topological polar surface area (TPSA) is 43.4 Å². The molecule has 130 valence electrons. The molecule has 0 amide bonds. The number of hydrogen-bond acceptors (Lipinski definition) is 3. The number of allylic oxidation sites excluding steroid dienone is 2. The van der Waals surface area contributed by atoms with Crippen LogP contribution in [0.25, 0.3) is 17.7 Å². The minimum absolute atomic E-state index is 0.365. The van der Waals surface area contributed by atoms with Gasteiger partial charge in [-0.3, -0.25) is 0 Å². The van der Waals surface area contributed by atoms with E-state index >= 15 is 0 Å². The summed E-state index contributed by atoms with van der Waals surface area (Å²) < 4.78 is 28.9. The molecule has 0 saturated heterocycles. The first-order chi connectivity index (χ1) is 11.9. The Labute approximate surface area is 149 Å². The standard InChI is InChI=1S/C21H22O3S/c1-4-5-16-13-17-14-19(25(3,22)23)10-11-20(17)21(16)12-15-6-8-18(24-2)9-7-15/h6-14H,4-5H2,1-3H3. The number of benzene rings is 2. The maximum Gasteiger partial charge on any atom is 0.175 e. The highest BCUT2D eigenvalue weighted by Crippen LogP contribution is 2.40. The Bertz CT molecular complexity index is 949.